The molecule has 0 aromatic carbocycles. The van der Waals surface area contributed by atoms with Gasteiger partial charge in [-0.2, -0.15) is 0 Å². The predicted molar refractivity (Wildman–Crippen MR) is 73.3 cm³/mol. The van der Waals surface area contributed by atoms with E-state index in [2.05, 4.69) is 27.7 Å². The van der Waals surface area contributed by atoms with Crippen LogP contribution in [0.3, 0.4) is 0 Å². The average molecular weight is 218 g/mol. The van der Waals surface area contributed by atoms with Crippen LogP contribution < -0.4 is 0 Å². The molecule has 1 heteroatoms. The summed E-state index contributed by atoms with van der Waals surface area (Å²) >= 11 is 0. The zero-order valence-electron chi connectivity index (χ0n) is 10.8. The van der Waals surface area contributed by atoms with Crippen LogP contribution in [0.25, 0.3) is 0 Å². The highest BCUT2D eigenvalue weighted by Crippen LogP contribution is 2.89. The molecule has 1 fully saturated rings. The van der Waals surface area contributed by atoms with Crippen molar-refractivity contribution in [1.82, 2.24) is 0 Å². The third-order valence-electron chi connectivity index (χ3n) is 6.31. The Morgan fingerprint density at radius 3 is 1.21 bits per heavy atom. The van der Waals surface area contributed by atoms with Crippen molar-refractivity contribution in [1.29, 1.82) is 0 Å². The largest absolute Gasteiger partial charge is 0.275 e. The van der Waals surface area contributed by atoms with Gasteiger partial charge in [0.05, 0.1) is 0 Å². The molecule has 0 radical (unpaired) electrons. The SMILES string of the molecule is CCS1(CC)(CC)(CC)CCCCC1. The molecular weight excluding hydrogens is 188 g/mol. The Hall–Kier alpha value is 0.350. The van der Waals surface area contributed by atoms with Gasteiger partial charge in [0.1, 0.15) is 0 Å². The first-order chi connectivity index (χ1) is 6.56. The maximum absolute atomic E-state index is 2.49. The summed E-state index contributed by atoms with van der Waals surface area (Å²) in [4.78, 5) is 0. The molecule has 14 heavy (non-hydrogen) atoms. The van der Waals surface area contributed by atoms with Gasteiger partial charge in [0.25, 0.3) is 0 Å². The Balaban J connectivity index is 3.20. The summed E-state index contributed by atoms with van der Waals surface area (Å²) in [6, 6.07) is 0. The molecule has 0 bridgehead atoms. The van der Waals surface area contributed by atoms with Crippen LogP contribution in [0.4, 0.5) is 0 Å². The van der Waals surface area contributed by atoms with E-state index in [1.165, 1.54) is 42.3 Å². The maximum atomic E-state index is 2.49. The summed E-state index contributed by atoms with van der Waals surface area (Å²) in [6.07, 6.45) is 4.54. The first-order valence-corrected chi connectivity index (χ1v) is 10.0. The van der Waals surface area contributed by atoms with Crippen molar-refractivity contribution in [3.8, 4) is 0 Å². The van der Waals surface area contributed by atoms with Crippen LogP contribution in [-0.2, 0) is 0 Å². The number of hydrogen-bond acceptors (Lipinski definition) is 0. The highest BCUT2D eigenvalue weighted by atomic mass is 32.4. The molecule has 0 atom stereocenters. The molecule has 1 saturated heterocycles. The normalized spacial score (nSPS) is 33.4. The van der Waals surface area contributed by atoms with E-state index in [0.29, 0.717) is 0 Å². The van der Waals surface area contributed by atoms with Gasteiger partial charge in [-0.05, 0) is 47.4 Å². The van der Waals surface area contributed by atoms with E-state index < -0.39 is 8.29 Å². The van der Waals surface area contributed by atoms with Gasteiger partial charge < -0.3 is 0 Å². The Morgan fingerprint density at radius 1 is 0.643 bits per heavy atom. The minimum absolute atomic E-state index is 1.50. The molecule has 0 nitrogen and oxygen atoms in total. The third-order valence-corrected chi connectivity index (χ3v) is 17.9. The Morgan fingerprint density at radius 2 is 1.00 bits per heavy atom. The second-order valence-electron chi connectivity index (χ2n) is 5.69. The molecule has 88 valence electrons. The van der Waals surface area contributed by atoms with Gasteiger partial charge in [-0.25, -0.2) is 0 Å². The van der Waals surface area contributed by atoms with Gasteiger partial charge >= 0.3 is 0 Å². The summed E-state index contributed by atoms with van der Waals surface area (Å²) in [7, 11) is -1.59. The highest BCUT2D eigenvalue weighted by molar-refractivity contribution is 8.64. The van der Waals surface area contributed by atoms with E-state index in [9.17, 15) is 0 Å². The Bertz CT molecular complexity index is 174. The molecule has 1 heterocycles. The van der Waals surface area contributed by atoms with Gasteiger partial charge in [-0.3, -0.25) is 8.29 Å². The van der Waals surface area contributed by atoms with E-state index in [1.54, 1.807) is 11.5 Å². The fraction of sp³-hybridized carbons (Fsp3) is 1.00. The fourth-order valence-corrected chi connectivity index (χ4v) is 11.3. The Kier molecular flexibility index (Phi) is 3.05. The van der Waals surface area contributed by atoms with E-state index in [1.807, 2.05) is 0 Å². The van der Waals surface area contributed by atoms with Crippen LogP contribution in [0.2, 0.25) is 0 Å². The lowest BCUT2D eigenvalue weighted by Gasteiger charge is -2.81. The molecule has 0 spiro atoms. The minimum Gasteiger partial charge on any atom is -0.275 e. The molecule has 1 aliphatic heterocycles. The molecule has 0 unspecified atom stereocenters. The van der Waals surface area contributed by atoms with E-state index in [0.717, 1.165) is 0 Å². The Labute approximate surface area is 90.1 Å². The van der Waals surface area contributed by atoms with Crippen molar-refractivity contribution in [3.05, 3.63) is 0 Å². The molecule has 0 amide bonds. The molecule has 0 aromatic heterocycles. The summed E-state index contributed by atoms with van der Waals surface area (Å²) in [5, 5.41) is 0. The second-order valence-corrected chi connectivity index (χ2v) is 14.9. The van der Waals surface area contributed by atoms with Crippen molar-refractivity contribution in [2.45, 2.75) is 47.0 Å². The lowest BCUT2D eigenvalue weighted by molar-refractivity contribution is 0.729. The van der Waals surface area contributed by atoms with Crippen molar-refractivity contribution >= 4 is 8.29 Å². The summed E-state index contributed by atoms with van der Waals surface area (Å²) in [6.45, 7) is 9.96. The highest BCUT2D eigenvalue weighted by Gasteiger charge is 2.55. The maximum Gasteiger partial charge on any atom is -0.0336 e. The lowest BCUT2D eigenvalue weighted by atomic mass is 10.3. The van der Waals surface area contributed by atoms with Crippen molar-refractivity contribution in [3.63, 3.8) is 0 Å². The quantitative estimate of drug-likeness (QED) is 0.666. The van der Waals surface area contributed by atoms with Gasteiger partial charge in [-0.1, -0.05) is 34.1 Å². The third kappa shape index (κ3) is 1.35. The summed E-state index contributed by atoms with van der Waals surface area (Å²) in [5.74, 6) is 9.21. The smallest absolute Gasteiger partial charge is 0.0336 e. The van der Waals surface area contributed by atoms with Gasteiger partial charge in [-0.15, -0.1) is 0 Å². The zero-order chi connectivity index (χ0) is 10.8. The van der Waals surface area contributed by atoms with E-state index in [-0.39, 0.29) is 0 Å². The number of rotatable bonds is 4. The second kappa shape index (κ2) is 3.43. The van der Waals surface area contributed by atoms with Crippen LogP contribution in [0.15, 0.2) is 0 Å². The standard InChI is InChI=1S/C13H30S/c1-5-14(6-2,7-3,8-4)12-10-9-11-13-14/h5-13H2,1-4H3. The van der Waals surface area contributed by atoms with Crippen LogP contribution >= 0.6 is 8.29 Å². The van der Waals surface area contributed by atoms with Crippen LogP contribution in [0.1, 0.15) is 47.0 Å². The monoisotopic (exact) mass is 218 g/mol. The zero-order valence-corrected chi connectivity index (χ0v) is 11.6. The average Bonchev–Trinajstić information content (AvgIpc) is 2.31. The number of hydrogen-bond donors (Lipinski definition) is 0. The molecule has 0 N–H and O–H groups in total. The van der Waals surface area contributed by atoms with Gasteiger partial charge in [0.2, 0.25) is 0 Å². The van der Waals surface area contributed by atoms with Crippen LogP contribution in [0.5, 0.6) is 0 Å². The van der Waals surface area contributed by atoms with Gasteiger partial charge in [0, 0.05) is 0 Å². The van der Waals surface area contributed by atoms with Gasteiger partial charge in [0.15, 0.2) is 0 Å². The first kappa shape index (κ1) is 12.4. The van der Waals surface area contributed by atoms with Crippen molar-refractivity contribution in [2.75, 3.05) is 34.5 Å². The first-order valence-electron chi connectivity index (χ1n) is 6.56. The summed E-state index contributed by atoms with van der Waals surface area (Å²) in [5.41, 5.74) is 0. The molecule has 0 aromatic rings. The molecular formula is C13H30S. The molecule has 0 aliphatic carbocycles. The van der Waals surface area contributed by atoms with Crippen LogP contribution in [-0.4, -0.2) is 34.5 Å². The van der Waals surface area contributed by atoms with E-state index in [4.69, 9.17) is 0 Å². The van der Waals surface area contributed by atoms with Crippen molar-refractivity contribution < 1.29 is 0 Å². The molecule has 0 saturated carbocycles. The predicted octanol–water partition coefficient (Wildman–Crippen LogP) is 4.13. The molecule has 1 aliphatic rings. The van der Waals surface area contributed by atoms with Crippen LogP contribution in [0, 0.1) is 0 Å². The lowest BCUT2D eigenvalue weighted by Crippen LogP contribution is -2.52. The van der Waals surface area contributed by atoms with E-state index >= 15 is 0 Å². The molecule has 1 rings (SSSR count). The summed E-state index contributed by atoms with van der Waals surface area (Å²) < 4.78 is 0. The fourth-order valence-electron chi connectivity index (χ4n) is 3.88. The minimum atomic E-state index is -1.59. The van der Waals surface area contributed by atoms with Crippen molar-refractivity contribution in [2.24, 2.45) is 0 Å². The topological polar surface area (TPSA) is 0 Å².